The Balaban J connectivity index is 3.04. The molecular weight excluding hydrogens is 248 g/mol. The van der Waals surface area contributed by atoms with Crippen LogP contribution in [0.5, 0.6) is 0 Å². The molecule has 1 nitrogen and oxygen atoms in total. The maximum absolute atomic E-state index is 13.6. The van der Waals surface area contributed by atoms with E-state index in [0.717, 1.165) is 17.7 Å². The van der Waals surface area contributed by atoms with Gasteiger partial charge in [-0.15, -0.1) is 6.58 Å². The third-order valence-corrected chi connectivity index (χ3v) is 2.38. The van der Waals surface area contributed by atoms with Gasteiger partial charge in [-0.25, -0.2) is 4.39 Å². The highest BCUT2D eigenvalue weighted by atomic mass is 19.4. The lowest BCUT2D eigenvalue weighted by atomic mass is 10.0. The maximum atomic E-state index is 13.6. The fraction of sp³-hybridized carbons (Fsp3) is 0.308. The number of allylic oxidation sites excluding steroid dienone is 1. The first-order chi connectivity index (χ1) is 8.23. The first-order valence-corrected chi connectivity index (χ1v) is 5.26. The van der Waals surface area contributed by atoms with Crippen molar-refractivity contribution < 1.29 is 22.4 Å². The van der Waals surface area contributed by atoms with Gasteiger partial charge in [0.05, 0.1) is 11.1 Å². The van der Waals surface area contributed by atoms with Crippen LogP contribution in [-0.2, 0) is 6.18 Å². The lowest BCUT2D eigenvalue weighted by Gasteiger charge is -2.10. The molecule has 0 aliphatic heterocycles. The van der Waals surface area contributed by atoms with Crippen molar-refractivity contribution in [1.82, 2.24) is 0 Å². The summed E-state index contributed by atoms with van der Waals surface area (Å²) in [6.07, 6.45) is -4.52. The van der Waals surface area contributed by atoms with Gasteiger partial charge in [0, 0.05) is 6.42 Å². The van der Waals surface area contributed by atoms with Crippen LogP contribution in [0.2, 0.25) is 0 Å². The number of Topliss-reactive ketones (excluding diaryl/α,β-unsaturated/α-hetero) is 1. The summed E-state index contributed by atoms with van der Waals surface area (Å²) in [7, 11) is 0. The second kappa shape index (κ2) is 5.33. The summed E-state index contributed by atoms with van der Waals surface area (Å²) >= 11 is 0. The fourth-order valence-corrected chi connectivity index (χ4v) is 1.43. The van der Waals surface area contributed by atoms with Crippen molar-refractivity contribution in [3.63, 3.8) is 0 Å². The predicted molar refractivity (Wildman–Crippen MR) is 59.8 cm³/mol. The van der Waals surface area contributed by atoms with Crippen LogP contribution in [0.4, 0.5) is 17.6 Å². The molecule has 0 aliphatic rings. The number of hydrogen-bond acceptors (Lipinski definition) is 1. The Bertz CT molecular complexity index is 474. The van der Waals surface area contributed by atoms with Gasteiger partial charge in [0.15, 0.2) is 5.78 Å². The molecule has 0 spiro atoms. The van der Waals surface area contributed by atoms with Crippen molar-refractivity contribution in [2.24, 2.45) is 0 Å². The fourth-order valence-electron chi connectivity index (χ4n) is 1.43. The molecule has 1 aromatic carbocycles. The van der Waals surface area contributed by atoms with Gasteiger partial charge < -0.3 is 0 Å². The molecule has 98 valence electrons. The SMILES string of the molecule is C=C(C)CCC(=O)c1cccc(C(F)(F)F)c1F. The Morgan fingerprint density at radius 2 is 1.89 bits per heavy atom. The summed E-state index contributed by atoms with van der Waals surface area (Å²) in [4.78, 5) is 11.6. The second-order valence-corrected chi connectivity index (χ2v) is 4.05. The monoisotopic (exact) mass is 260 g/mol. The smallest absolute Gasteiger partial charge is 0.294 e. The standard InChI is InChI=1S/C13H12F4O/c1-8(2)6-7-11(18)9-4-3-5-10(12(9)14)13(15,16)17/h3-5H,1,6-7H2,2H3. The number of alkyl halides is 3. The zero-order valence-electron chi connectivity index (χ0n) is 9.77. The number of rotatable bonds is 4. The molecule has 0 bridgehead atoms. The number of carbonyl (C=O) groups excluding carboxylic acids is 1. The summed E-state index contributed by atoms with van der Waals surface area (Å²) in [6, 6.07) is 2.70. The highest BCUT2D eigenvalue weighted by molar-refractivity contribution is 5.96. The Labute approximate surface area is 102 Å². The summed E-state index contributed by atoms with van der Waals surface area (Å²) in [5, 5.41) is 0. The third-order valence-electron chi connectivity index (χ3n) is 2.38. The van der Waals surface area contributed by atoms with Crippen LogP contribution in [0, 0.1) is 5.82 Å². The summed E-state index contributed by atoms with van der Waals surface area (Å²) < 4.78 is 50.9. The van der Waals surface area contributed by atoms with Gasteiger partial charge in [-0.3, -0.25) is 4.79 Å². The van der Waals surface area contributed by atoms with Crippen LogP contribution in [0.25, 0.3) is 0 Å². The second-order valence-electron chi connectivity index (χ2n) is 4.05. The highest BCUT2D eigenvalue weighted by Crippen LogP contribution is 2.32. The van der Waals surface area contributed by atoms with E-state index in [1.807, 2.05) is 0 Å². The zero-order chi connectivity index (χ0) is 13.9. The normalized spacial score (nSPS) is 11.4. The molecule has 0 aliphatic carbocycles. The lowest BCUT2D eigenvalue weighted by molar-refractivity contribution is -0.140. The summed E-state index contributed by atoms with van der Waals surface area (Å²) in [6.45, 7) is 5.26. The lowest BCUT2D eigenvalue weighted by Crippen LogP contribution is -2.12. The zero-order valence-corrected chi connectivity index (χ0v) is 9.77. The van der Waals surface area contributed by atoms with Crippen molar-refractivity contribution in [2.75, 3.05) is 0 Å². The molecule has 0 fully saturated rings. The molecule has 0 saturated heterocycles. The molecule has 5 heteroatoms. The number of ketones is 1. The molecule has 0 heterocycles. The molecule has 0 amide bonds. The van der Waals surface area contributed by atoms with Gasteiger partial charge >= 0.3 is 6.18 Å². The van der Waals surface area contributed by atoms with Gasteiger partial charge in [0.2, 0.25) is 0 Å². The minimum absolute atomic E-state index is 0.0481. The molecule has 1 rings (SSSR count). The van der Waals surface area contributed by atoms with Gasteiger partial charge in [-0.05, 0) is 25.5 Å². The Hall–Kier alpha value is -1.65. The van der Waals surface area contributed by atoms with E-state index >= 15 is 0 Å². The molecule has 0 saturated carbocycles. The maximum Gasteiger partial charge on any atom is 0.419 e. The highest BCUT2D eigenvalue weighted by Gasteiger charge is 2.35. The van der Waals surface area contributed by atoms with Crippen LogP contribution in [0.1, 0.15) is 35.7 Å². The van der Waals surface area contributed by atoms with E-state index in [4.69, 9.17) is 0 Å². The number of benzene rings is 1. The Morgan fingerprint density at radius 3 is 2.39 bits per heavy atom. The quantitative estimate of drug-likeness (QED) is 0.446. The van der Waals surface area contributed by atoms with Crippen LogP contribution in [0.15, 0.2) is 30.4 Å². The van der Waals surface area contributed by atoms with Gasteiger partial charge in [-0.1, -0.05) is 11.6 Å². The van der Waals surface area contributed by atoms with Crippen molar-refractivity contribution >= 4 is 5.78 Å². The van der Waals surface area contributed by atoms with Gasteiger partial charge in [0.1, 0.15) is 5.82 Å². The molecule has 1 aromatic rings. The number of carbonyl (C=O) groups is 1. The van der Waals surface area contributed by atoms with Crippen molar-refractivity contribution in [3.8, 4) is 0 Å². The van der Waals surface area contributed by atoms with Crippen molar-refractivity contribution in [1.29, 1.82) is 0 Å². The van der Waals surface area contributed by atoms with Gasteiger partial charge in [-0.2, -0.15) is 13.2 Å². The number of hydrogen-bond donors (Lipinski definition) is 0. The molecule has 0 aromatic heterocycles. The van der Waals surface area contributed by atoms with Gasteiger partial charge in [0.25, 0.3) is 0 Å². The van der Waals surface area contributed by atoms with Crippen LogP contribution < -0.4 is 0 Å². The third kappa shape index (κ3) is 3.42. The molecule has 0 unspecified atom stereocenters. The van der Waals surface area contributed by atoms with E-state index in [-0.39, 0.29) is 6.42 Å². The predicted octanol–water partition coefficient (Wildman–Crippen LogP) is 4.38. The summed E-state index contributed by atoms with van der Waals surface area (Å²) in [5.74, 6) is -2.15. The molecule has 0 N–H and O–H groups in total. The first kappa shape index (κ1) is 14.4. The number of halogens is 4. The molecule has 0 radical (unpaired) electrons. The molecule has 0 atom stereocenters. The van der Waals surface area contributed by atoms with E-state index in [2.05, 4.69) is 6.58 Å². The average Bonchev–Trinajstić information content (AvgIpc) is 2.24. The van der Waals surface area contributed by atoms with Crippen LogP contribution in [-0.4, -0.2) is 5.78 Å². The van der Waals surface area contributed by atoms with E-state index in [1.165, 1.54) is 0 Å². The van der Waals surface area contributed by atoms with Crippen LogP contribution in [0.3, 0.4) is 0 Å². The van der Waals surface area contributed by atoms with E-state index < -0.39 is 28.9 Å². The minimum Gasteiger partial charge on any atom is -0.294 e. The summed E-state index contributed by atoms with van der Waals surface area (Å²) in [5.41, 5.74) is -1.22. The Kier molecular flexibility index (Phi) is 4.27. The Morgan fingerprint density at radius 1 is 1.28 bits per heavy atom. The van der Waals surface area contributed by atoms with Crippen LogP contribution >= 0.6 is 0 Å². The van der Waals surface area contributed by atoms with E-state index in [1.54, 1.807) is 6.92 Å². The molecular formula is C13H12F4O. The van der Waals surface area contributed by atoms with E-state index in [0.29, 0.717) is 12.5 Å². The topological polar surface area (TPSA) is 17.1 Å². The minimum atomic E-state index is -4.80. The average molecular weight is 260 g/mol. The van der Waals surface area contributed by atoms with Crippen molar-refractivity contribution in [2.45, 2.75) is 25.9 Å². The molecule has 18 heavy (non-hydrogen) atoms. The largest absolute Gasteiger partial charge is 0.419 e. The van der Waals surface area contributed by atoms with Crippen molar-refractivity contribution in [3.05, 3.63) is 47.3 Å². The first-order valence-electron chi connectivity index (χ1n) is 5.26. The van der Waals surface area contributed by atoms with E-state index in [9.17, 15) is 22.4 Å².